The van der Waals surface area contributed by atoms with E-state index < -0.39 is 0 Å². The molecule has 2 heterocycles. The van der Waals surface area contributed by atoms with Crippen LogP contribution in [-0.4, -0.2) is 48.6 Å². The molecule has 1 aliphatic heterocycles. The monoisotopic (exact) mass is 381 g/mol. The van der Waals surface area contributed by atoms with Crippen molar-refractivity contribution in [2.45, 2.75) is 44.7 Å². The maximum Gasteiger partial charge on any atom is 0.226 e. The van der Waals surface area contributed by atoms with Crippen LogP contribution in [0.25, 0.3) is 11.5 Å². The van der Waals surface area contributed by atoms with E-state index in [4.69, 9.17) is 4.42 Å². The Balaban J connectivity index is 1.24. The number of nitrogens with zero attached hydrogens (tertiary/aromatic N) is 3. The fourth-order valence-electron chi connectivity index (χ4n) is 4.34. The predicted molar refractivity (Wildman–Crippen MR) is 112 cm³/mol. The third kappa shape index (κ3) is 4.93. The number of benzene rings is 1. The van der Waals surface area contributed by atoms with Gasteiger partial charge in [0.2, 0.25) is 5.89 Å². The van der Waals surface area contributed by atoms with E-state index in [1.807, 2.05) is 37.4 Å². The topological polar surface area (TPSA) is 65.7 Å². The summed E-state index contributed by atoms with van der Waals surface area (Å²) in [5.74, 6) is 2.40. The highest BCUT2D eigenvalue weighted by Crippen LogP contribution is 2.26. The van der Waals surface area contributed by atoms with Crippen molar-refractivity contribution in [2.75, 3.05) is 26.7 Å². The van der Waals surface area contributed by atoms with Crippen molar-refractivity contribution in [1.82, 2.24) is 20.5 Å². The van der Waals surface area contributed by atoms with Gasteiger partial charge in [-0.25, -0.2) is 4.98 Å². The van der Waals surface area contributed by atoms with Crippen molar-refractivity contribution in [3.8, 4) is 11.5 Å². The van der Waals surface area contributed by atoms with Gasteiger partial charge in [0.15, 0.2) is 5.96 Å². The Morgan fingerprint density at radius 3 is 2.82 bits per heavy atom. The quantitative estimate of drug-likeness (QED) is 0.594. The van der Waals surface area contributed by atoms with Crippen LogP contribution >= 0.6 is 0 Å². The lowest BCUT2D eigenvalue weighted by Gasteiger charge is -2.21. The maximum atomic E-state index is 5.61. The zero-order valence-electron chi connectivity index (χ0n) is 16.7. The highest BCUT2D eigenvalue weighted by molar-refractivity contribution is 5.80. The average molecular weight is 382 g/mol. The Labute approximate surface area is 167 Å². The minimum absolute atomic E-state index is 0.463. The van der Waals surface area contributed by atoms with Crippen molar-refractivity contribution in [3.63, 3.8) is 0 Å². The second kappa shape index (κ2) is 9.24. The molecule has 28 heavy (non-hydrogen) atoms. The molecule has 1 unspecified atom stereocenters. The van der Waals surface area contributed by atoms with Crippen LogP contribution in [0.3, 0.4) is 0 Å². The molecule has 1 aromatic heterocycles. The number of aliphatic imine (C=N–C) groups is 1. The molecule has 2 fully saturated rings. The van der Waals surface area contributed by atoms with Gasteiger partial charge in [0.25, 0.3) is 0 Å². The fraction of sp³-hybridized carbons (Fsp3) is 0.545. The summed E-state index contributed by atoms with van der Waals surface area (Å²) in [5.41, 5.74) is 1.86. The van der Waals surface area contributed by atoms with Gasteiger partial charge in [0.05, 0.1) is 12.2 Å². The number of guanidine groups is 1. The lowest BCUT2D eigenvalue weighted by Crippen LogP contribution is -2.44. The Morgan fingerprint density at radius 1 is 1.21 bits per heavy atom. The molecule has 1 saturated heterocycles. The molecule has 1 saturated carbocycles. The smallest absolute Gasteiger partial charge is 0.226 e. The summed E-state index contributed by atoms with van der Waals surface area (Å²) in [6.07, 6.45) is 8.56. The molecule has 0 radical (unpaired) electrons. The lowest BCUT2D eigenvalue weighted by molar-refractivity contribution is 0.275. The van der Waals surface area contributed by atoms with Crippen LogP contribution in [-0.2, 0) is 6.54 Å². The molecular formula is C22H31N5O. The Morgan fingerprint density at radius 2 is 2.04 bits per heavy atom. The van der Waals surface area contributed by atoms with Crippen molar-refractivity contribution >= 4 is 5.96 Å². The van der Waals surface area contributed by atoms with Crippen molar-refractivity contribution in [1.29, 1.82) is 0 Å². The number of hydrogen-bond acceptors (Lipinski definition) is 4. The van der Waals surface area contributed by atoms with E-state index in [0.29, 0.717) is 18.5 Å². The molecule has 1 atom stereocenters. The van der Waals surface area contributed by atoms with Crippen molar-refractivity contribution in [3.05, 3.63) is 42.3 Å². The first-order valence-electron chi connectivity index (χ1n) is 10.5. The Hall–Kier alpha value is -2.34. The van der Waals surface area contributed by atoms with E-state index >= 15 is 0 Å². The lowest BCUT2D eigenvalue weighted by atomic mass is 10.1. The summed E-state index contributed by atoms with van der Waals surface area (Å²) in [6, 6.07) is 10.4. The highest BCUT2D eigenvalue weighted by atomic mass is 16.3. The molecule has 2 N–H and O–H groups in total. The minimum atomic E-state index is 0.463. The number of nitrogens with one attached hydrogen (secondary N) is 2. The summed E-state index contributed by atoms with van der Waals surface area (Å²) in [7, 11) is 1.82. The van der Waals surface area contributed by atoms with Crippen LogP contribution in [0.4, 0.5) is 0 Å². The first-order chi connectivity index (χ1) is 13.8. The van der Waals surface area contributed by atoms with Gasteiger partial charge in [-0.3, -0.25) is 4.99 Å². The van der Waals surface area contributed by atoms with Crippen LogP contribution in [0.1, 0.15) is 37.8 Å². The molecule has 1 aromatic carbocycles. The summed E-state index contributed by atoms with van der Waals surface area (Å²) in [6.45, 7) is 4.16. The van der Waals surface area contributed by atoms with Gasteiger partial charge in [0.1, 0.15) is 6.26 Å². The summed E-state index contributed by atoms with van der Waals surface area (Å²) < 4.78 is 5.61. The van der Waals surface area contributed by atoms with Gasteiger partial charge in [0, 0.05) is 38.3 Å². The molecule has 4 rings (SSSR count). The molecule has 1 aliphatic carbocycles. The van der Waals surface area contributed by atoms with E-state index in [9.17, 15) is 0 Å². The van der Waals surface area contributed by atoms with E-state index in [-0.39, 0.29) is 0 Å². The zero-order valence-corrected chi connectivity index (χ0v) is 16.7. The normalized spacial score (nSPS) is 21.3. The fourth-order valence-corrected chi connectivity index (χ4v) is 4.34. The van der Waals surface area contributed by atoms with E-state index in [1.165, 1.54) is 45.2 Å². The van der Waals surface area contributed by atoms with Gasteiger partial charge in [-0.1, -0.05) is 31.0 Å². The van der Waals surface area contributed by atoms with Gasteiger partial charge in [-0.15, -0.1) is 0 Å². The molecule has 0 bridgehead atoms. The molecule has 6 heteroatoms. The van der Waals surface area contributed by atoms with Crippen LogP contribution < -0.4 is 10.6 Å². The van der Waals surface area contributed by atoms with Gasteiger partial charge in [-0.2, -0.15) is 0 Å². The first-order valence-corrected chi connectivity index (χ1v) is 10.5. The van der Waals surface area contributed by atoms with Crippen molar-refractivity contribution in [2.24, 2.45) is 10.9 Å². The standard InChI is InChI=1S/C22H31N5O/c1-23-22(26-19-11-12-27(15-19)14-17-7-5-6-8-17)24-13-20-16-28-21(25-20)18-9-3-2-4-10-18/h2-4,9-10,16-17,19H,5-8,11-15H2,1H3,(H2,23,24,26). The van der Waals surface area contributed by atoms with Crippen LogP contribution in [0.15, 0.2) is 46.0 Å². The van der Waals surface area contributed by atoms with Gasteiger partial charge in [-0.05, 0) is 37.3 Å². The predicted octanol–water partition coefficient (Wildman–Crippen LogP) is 3.27. The van der Waals surface area contributed by atoms with E-state index in [1.54, 1.807) is 6.26 Å². The second-order valence-corrected chi connectivity index (χ2v) is 7.98. The Kier molecular flexibility index (Phi) is 6.27. The number of hydrogen-bond donors (Lipinski definition) is 2. The maximum absolute atomic E-state index is 5.61. The van der Waals surface area contributed by atoms with E-state index in [0.717, 1.165) is 29.7 Å². The van der Waals surface area contributed by atoms with Crippen LogP contribution in [0.2, 0.25) is 0 Å². The summed E-state index contributed by atoms with van der Waals surface area (Å²) in [5, 5.41) is 6.93. The van der Waals surface area contributed by atoms with Crippen molar-refractivity contribution < 1.29 is 4.42 Å². The third-order valence-corrected chi connectivity index (χ3v) is 5.84. The molecule has 2 aromatic rings. The molecule has 2 aliphatic rings. The number of aromatic nitrogens is 1. The average Bonchev–Trinajstić information content (AvgIpc) is 3.49. The number of rotatable bonds is 6. The SMILES string of the molecule is CN=C(NCc1coc(-c2ccccc2)n1)NC1CCN(CC2CCCC2)C1. The molecule has 0 spiro atoms. The second-order valence-electron chi connectivity index (χ2n) is 7.98. The largest absolute Gasteiger partial charge is 0.444 e. The Bertz CT molecular complexity index is 766. The number of likely N-dealkylation sites (tertiary alicyclic amines) is 1. The van der Waals surface area contributed by atoms with Gasteiger partial charge < -0.3 is 20.0 Å². The molecule has 6 nitrogen and oxygen atoms in total. The molecule has 0 amide bonds. The minimum Gasteiger partial charge on any atom is -0.444 e. The zero-order chi connectivity index (χ0) is 19.2. The van der Waals surface area contributed by atoms with Gasteiger partial charge >= 0.3 is 0 Å². The highest BCUT2D eigenvalue weighted by Gasteiger charge is 2.26. The van der Waals surface area contributed by atoms with Crippen LogP contribution in [0, 0.1) is 5.92 Å². The van der Waals surface area contributed by atoms with E-state index in [2.05, 4.69) is 25.5 Å². The third-order valence-electron chi connectivity index (χ3n) is 5.84. The first kappa shape index (κ1) is 19.0. The number of oxazole rings is 1. The molecular weight excluding hydrogens is 350 g/mol. The van der Waals surface area contributed by atoms with Crippen LogP contribution in [0.5, 0.6) is 0 Å². The summed E-state index contributed by atoms with van der Waals surface area (Å²) >= 11 is 0. The molecule has 150 valence electrons. The summed E-state index contributed by atoms with van der Waals surface area (Å²) in [4.78, 5) is 11.6.